The molecule has 1 aromatic heterocycles. The fourth-order valence-electron chi connectivity index (χ4n) is 2.65. The number of unbranched alkanes of at least 4 members (excludes halogenated alkanes) is 1. The molecule has 0 saturated carbocycles. The third kappa shape index (κ3) is 3.97. The minimum Gasteiger partial charge on any atom is -0.352 e. The zero-order valence-corrected chi connectivity index (χ0v) is 14.7. The third-order valence-corrected chi connectivity index (χ3v) is 4.12. The van der Waals surface area contributed by atoms with Gasteiger partial charge in [0.15, 0.2) is 0 Å². The summed E-state index contributed by atoms with van der Waals surface area (Å²) in [4.78, 5) is 12.7. The van der Waals surface area contributed by atoms with Crippen molar-refractivity contribution >= 4 is 5.91 Å². The van der Waals surface area contributed by atoms with Crippen molar-refractivity contribution in [2.45, 2.75) is 26.7 Å². The highest BCUT2D eigenvalue weighted by molar-refractivity contribution is 5.99. The van der Waals surface area contributed by atoms with Crippen molar-refractivity contribution in [1.82, 2.24) is 15.1 Å². The molecule has 25 heavy (non-hydrogen) atoms. The van der Waals surface area contributed by atoms with Gasteiger partial charge in [-0.15, -0.1) is 0 Å². The molecule has 0 fully saturated rings. The first-order valence-corrected chi connectivity index (χ1v) is 8.69. The molecule has 0 spiro atoms. The van der Waals surface area contributed by atoms with Crippen molar-refractivity contribution in [3.8, 4) is 16.9 Å². The Balaban J connectivity index is 2.00. The molecule has 3 aromatic rings. The molecular formula is C21H23N3O. The predicted octanol–water partition coefficient (Wildman–Crippen LogP) is 4.38. The van der Waals surface area contributed by atoms with Crippen LogP contribution >= 0.6 is 0 Å². The summed E-state index contributed by atoms with van der Waals surface area (Å²) in [6.07, 6.45) is 3.83. The van der Waals surface area contributed by atoms with Crippen LogP contribution in [-0.2, 0) is 0 Å². The number of nitrogens with one attached hydrogen (secondary N) is 1. The smallest absolute Gasteiger partial charge is 0.255 e. The Morgan fingerprint density at radius 3 is 2.48 bits per heavy atom. The molecule has 0 saturated heterocycles. The second-order valence-electron chi connectivity index (χ2n) is 6.15. The molecule has 0 aliphatic heterocycles. The molecule has 1 N–H and O–H groups in total. The average molecular weight is 333 g/mol. The number of para-hydroxylation sites is 1. The van der Waals surface area contributed by atoms with E-state index in [0.29, 0.717) is 17.8 Å². The van der Waals surface area contributed by atoms with Crippen molar-refractivity contribution in [3.05, 3.63) is 71.9 Å². The lowest BCUT2D eigenvalue weighted by molar-refractivity contribution is 0.0954. The summed E-state index contributed by atoms with van der Waals surface area (Å²) in [5, 5.41) is 7.68. The fraction of sp³-hybridized carbons (Fsp3) is 0.238. The summed E-state index contributed by atoms with van der Waals surface area (Å²) in [7, 11) is 0. The molecule has 0 radical (unpaired) electrons. The molecule has 0 aliphatic carbocycles. The standard InChI is InChI=1S/C21H23N3O/c1-3-4-14-22-21(25)19-15-24(18-8-6-5-7-9-18)23-20(19)17-12-10-16(2)11-13-17/h5-13,15H,3-4,14H2,1-2H3,(H,22,25). The van der Waals surface area contributed by atoms with E-state index in [1.54, 1.807) is 4.68 Å². The first kappa shape index (κ1) is 17.0. The van der Waals surface area contributed by atoms with Crippen molar-refractivity contribution in [3.63, 3.8) is 0 Å². The Morgan fingerprint density at radius 2 is 1.80 bits per heavy atom. The molecule has 3 rings (SSSR count). The maximum atomic E-state index is 12.7. The highest BCUT2D eigenvalue weighted by Gasteiger charge is 2.18. The molecule has 0 unspecified atom stereocenters. The Morgan fingerprint density at radius 1 is 1.08 bits per heavy atom. The van der Waals surface area contributed by atoms with Crippen LogP contribution < -0.4 is 5.32 Å². The molecule has 1 amide bonds. The van der Waals surface area contributed by atoms with E-state index in [4.69, 9.17) is 0 Å². The Hall–Kier alpha value is -2.88. The monoisotopic (exact) mass is 333 g/mol. The van der Waals surface area contributed by atoms with Gasteiger partial charge in [-0.1, -0.05) is 61.4 Å². The number of nitrogens with zero attached hydrogens (tertiary/aromatic N) is 2. The average Bonchev–Trinajstić information content (AvgIpc) is 3.09. The Bertz CT molecular complexity index is 835. The third-order valence-electron chi connectivity index (χ3n) is 4.12. The molecule has 4 nitrogen and oxygen atoms in total. The van der Waals surface area contributed by atoms with Gasteiger partial charge in [0, 0.05) is 18.3 Å². The number of hydrogen-bond acceptors (Lipinski definition) is 2. The van der Waals surface area contributed by atoms with E-state index in [1.165, 1.54) is 5.56 Å². The van der Waals surface area contributed by atoms with E-state index >= 15 is 0 Å². The summed E-state index contributed by atoms with van der Waals surface area (Å²) in [5.74, 6) is -0.0776. The highest BCUT2D eigenvalue weighted by Crippen LogP contribution is 2.24. The van der Waals surface area contributed by atoms with Gasteiger partial charge in [-0.25, -0.2) is 4.68 Å². The van der Waals surface area contributed by atoms with Crippen molar-refractivity contribution < 1.29 is 4.79 Å². The minimum absolute atomic E-state index is 0.0776. The van der Waals surface area contributed by atoms with Crippen molar-refractivity contribution in [2.24, 2.45) is 0 Å². The number of amides is 1. The quantitative estimate of drug-likeness (QED) is 0.681. The van der Waals surface area contributed by atoms with E-state index < -0.39 is 0 Å². The van der Waals surface area contributed by atoms with Crippen LogP contribution in [0.1, 0.15) is 35.7 Å². The van der Waals surface area contributed by atoms with Crippen LogP contribution in [0.5, 0.6) is 0 Å². The summed E-state index contributed by atoms with van der Waals surface area (Å²) in [5.41, 5.74) is 4.37. The number of hydrogen-bond donors (Lipinski definition) is 1. The van der Waals surface area contributed by atoms with Crippen LogP contribution in [0.25, 0.3) is 16.9 Å². The van der Waals surface area contributed by atoms with Gasteiger partial charge in [-0.3, -0.25) is 4.79 Å². The molecule has 128 valence electrons. The van der Waals surface area contributed by atoms with E-state index in [2.05, 4.69) is 17.3 Å². The first-order valence-electron chi connectivity index (χ1n) is 8.69. The molecule has 0 atom stereocenters. The number of carbonyl (C=O) groups is 1. The van der Waals surface area contributed by atoms with Gasteiger partial charge < -0.3 is 5.32 Å². The summed E-state index contributed by atoms with van der Waals surface area (Å²) >= 11 is 0. The van der Waals surface area contributed by atoms with Gasteiger partial charge in [0.2, 0.25) is 0 Å². The molecule has 0 bridgehead atoms. The zero-order valence-electron chi connectivity index (χ0n) is 14.7. The lowest BCUT2D eigenvalue weighted by Crippen LogP contribution is -2.24. The van der Waals surface area contributed by atoms with Crippen molar-refractivity contribution in [2.75, 3.05) is 6.54 Å². The van der Waals surface area contributed by atoms with Crippen LogP contribution in [-0.4, -0.2) is 22.2 Å². The second kappa shape index (κ2) is 7.79. The second-order valence-corrected chi connectivity index (χ2v) is 6.15. The van der Waals surface area contributed by atoms with Crippen LogP contribution in [0.2, 0.25) is 0 Å². The van der Waals surface area contributed by atoms with Gasteiger partial charge in [0.1, 0.15) is 5.69 Å². The van der Waals surface area contributed by atoms with E-state index in [9.17, 15) is 4.79 Å². The molecule has 1 heterocycles. The van der Waals surface area contributed by atoms with E-state index in [-0.39, 0.29) is 5.91 Å². The Labute approximate surface area is 148 Å². The number of carbonyl (C=O) groups excluding carboxylic acids is 1. The van der Waals surface area contributed by atoms with Crippen LogP contribution in [0.15, 0.2) is 60.8 Å². The lowest BCUT2D eigenvalue weighted by atomic mass is 10.1. The van der Waals surface area contributed by atoms with Crippen LogP contribution in [0, 0.1) is 6.92 Å². The predicted molar refractivity (Wildman–Crippen MR) is 101 cm³/mol. The normalized spacial score (nSPS) is 10.6. The highest BCUT2D eigenvalue weighted by atomic mass is 16.1. The first-order chi connectivity index (χ1) is 12.2. The molecule has 0 aliphatic rings. The van der Waals surface area contributed by atoms with Crippen LogP contribution in [0.3, 0.4) is 0 Å². The molecule has 4 heteroatoms. The molecular weight excluding hydrogens is 310 g/mol. The fourth-order valence-corrected chi connectivity index (χ4v) is 2.65. The van der Waals surface area contributed by atoms with Crippen LogP contribution in [0.4, 0.5) is 0 Å². The van der Waals surface area contributed by atoms with Gasteiger partial charge >= 0.3 is 0 Å². The largest absolute Gasteiger partial charge is 0.352 e. The van der Waals surface area contributed by atoms with Gasteiger partial charge in [-0.2, -0.15) is 5.10 Å². The topological polar surface area (TPSA) is 46.9 Å². The number of benzene rings is 2. The number of rotatable bonds is 6. The number of aromatic nitrogens is 2. The maximum Gasteiger partial charge on any atom is 0.255 e. The SMILES string of the molecule is CCCCNC(=O)c1cn(-c2ccccc2)nc1-c1ccc(C)cc1. The van der Waals surface area contributed by atoms with Crippen molar-refractivity contribution in [1.29, 1.82) is 0 Å². The lowest BCUT2D eigenvalue weighted by Gasteiger charge is -2.05. The Kier molecular flexibility index (Phi) is 5.29. The minimum atomic E-state index is -0.0776. The zero-order chi connectivity index (χ0) is 17.6. The van der Waals surface area contributed by atoms with E-state index in [0.717, 1.165) is 24.1 Å². The van der Waals surface area contributed by atoms with Gasteiger partial charge in [0.05, 0.1) is 11.3 Å². The maximum absolute atomic E-state index is 12.7. The number of aryl methyl sites for hydroxylation is 1. The summed E-state index contributed by atoms with van der Waals surface area (Å²) < 4.78 is 1.77. The summed E-state index contributed by atoms with van der Waals surface area (Å²) in [6.45, 7) is 4.83. The summed E-state index contributed by atoms with van der Waals surface area (Å²) in [6, 6.07) is 17.9. The van der Waals surface area contributed by atoms with E-state index in [1.807, 2.05) is 67.7 Å². The molecule has 2 aromatic carbocycles. The van der Waals surface area contributed by atoms with Gasteiger partial charge in [0.25, 0.3) is 5.91 Å². The van der Waals surface area contributed by atoms with Gasteiger partial charge in [-0.05, 0) is 25.5 Å².